The van der Waals surface area contributed by atoms with Gasteiger partial charge in [-0.25, -0.2) is 9.59 Å². The SMILES string of the molecule is CCOP(=O)(CN(CC(C)C)C(=O)N[C@@H](Cc1ccc(OCc2ccccc2)cc1)C(=O)OCc1ccccc1)OCC. The summed E-state index contributed by atoms with van der Waals surface area (Å²) < 4.78 is 35.7. The predicted octanol–water partition coefficient (Wildman–Crippen LogP) is 6.81. The molecule has 0 fully saturated rings. The van der Waals surface area contributed by atoms with Crippen molar-refractivity contribution in [3.63, 3.8) is 0 Å². The lowest BCUT2D eigenvalue weighted by molar-refractivity contribution is -0.147. The first-order valence-corrected chi connectivity index (χ1v) is 16.3. The Morgan fingerprint density at radius 3 is 1.88 bits per heavy atom. The molecule has 3 aromatic rings. The van der Waals surface area contributed by atoms with Gasteiger partial charge in [-0.2, -0.15) is 0 Å². The van der Waals surface area contributed by atoms with Gasteiger partial charge in [0.05, 0.1) is 13.2 Å². The van der Waals surface area contributed by atoms with Crippen molar-refractivity contribution in [2.75, 3.05) is 26.0 Å². The number of benzene rings is 3. The first-order valence-electron chi connectivity index (χ1n) is 14.6. The summed E-state index contributed by atoms with van der Waals surface area (Å²) >= 11 is 0. The van der Waals surface area contributed by atoms with Crippen LogP contribution in [0.5, 0.6) is 5.75 Å². The van der Waals surface area contributed by atoms with Gasteiger partial charge in [-0.05, 0) is 48.6 Å². The molecule has 9 nitrogen and oxygen atoms in total. The third kappa shape index (κ3) is 11.9. The second-order valence-electron chi connectivity index (χ2n) is 10.4. The van der Waals surface area contributed by atoms with Crippen molar-refractivity contribution >= 4 is 19.6 Å². The molecule has 0 aliphatic carbocycles. The molecule has 0 bridgehead atoms. The van der Waals surface area contributed by atoms with E-state index in [0.717, 1.165) is 16.7 Å². The molecule has 3 rings (SSSR count). The highest BCUT2D eigenvalue weighted by molar-refractivity contribution is 7.53. The molecule has 3 aromatic carbocycles. The molecule has 0 aliphatic rings. The summed E-state index contributed by atoms with van der Waals surface area (Å²) in [5.74, 6) is 0.170. The summed E-state index contributed by atoms with van der Waals surface area (Å²) in [6, 6.07) is 25.0. The smallest absolute Gasteiger partial charge is 0.349 e. The van der Waals surface area contributed by atoms with Gasteiger partial charge in [-0.3, -0.25) is 4.57 Å². The van der Waals surface area contributed by atoms with E-state index >= 15 is 0 Å². The Morgan fingerprint density at radius 2 is 1.35 bits per heavy atom. The van der Waals surface area contributed by atoms with E-state index in [1.54, 1.807) is 13.8 Å². The molecule has 0 aromatic heterocycles. The number of hydrogen-bond acceptors (Lipinski definition) is 7. The fraction of sp³-hybridized carbons (Fsp3) is 0.394. The second kappa shape index (κ2) is 17.5. The summed E-state index contributed by atoms with van der Waals surface area (Å²) in [5.41, 5.74) is 2.69. The molecule has 0 radical (unpaired) electrons. The van der Waals surface area contributed by atoms with Crippen molar-refractivity contribution in [1.82, 2.24) is 10.2 Å². The van der Waals surface area contributed by atoms with Crippen LogP contribution in [-0.4, -0.2) is 49.0 Å². The quantitative estimate of drug-likeness (QED) is 0.132. The van der Waals surface area contributed by atoms with Gasteiger partial charge >= 0.3 is 19.6 Å². The van der Waals surface area contributed by atoms with Crippen LogP contribution in [-0.2, 0) is 42.8 Å². The molecule has 0 aliphatic heterocycles. The van der Waals surface area contributed by atoms with Gasteiger partial charge in [0.15, 0.2) is 0 Å². The van der Waals surface area contributed by atoms with Crippen molar-refractivity contribution < 1.29 is 32.7 Å². The molecule has 1 N–H and O–H groups in total. The number of ether oxygens (including phenoxy) is 2. The van der Waals surface area contributed by atoms with E-state index in [1.807, 2.05) is 98.8 Å². The van der Waals surface area contributed by atoms with Gasteiger partial charge in [0.25, 0.3) is 0 Å². The van der Waals surface area contributed by atoms with E-state index < -0.39 is 25.6 Å². The Hall–Kier alpha value is -3.65. The lowest BCUT2D eigenvalue weighted by Gasteiger charge is -2.30. The Balaban J connectivity index is 1.75. The van der Waals surface area contributed by atoms with Crippen LogP contribution in [0.15, 0.2) is 84.9 Å². The van der Waals surface area contributed by atoms with Crippen LogP contribution in [0.1, 0.15) is 44.4 Å². The molecular weight excluding hydrogens is 567 g/mol. The van der Waals surface area contributed by atoms with Crippen molar-refractivity contribution in [1.29, 1.82) is 0 Å². The molecule has 0 spiro atoms. The van der Waals surface area contributed by atoms with Crippen LogP contribution in [0.3, 0.4) is 0 Å². The number of amides is 2. The maximum atomic E-state index is 13.6. The first kappa shape index (κ1) is 33.8. The summed E-state index contributed by atoms with van der Waals surface area (Å²) in [5, 5.41) is 2.82. The van der Waals surface area contributed by atoms with Crippen molar-refractivity contribution in [3.05, 3.63) is 102 Å². The Morgan fingerprint density at radius 1 is 0.791 bits per heavy atom. The zero-order chi connectivity index (χ0) is 31.1. The minimum Gasteiger partial charge on any atom is -0.489 e. The summed E-state index contributed by atoms with van der Waals surface area (Å²) in [6.45, 7) is 8.46. The van der Waals surface area contributed by atoms with Gasteiger partial charge in [0.1, 0.15) is 31.3 Å². The Bertz CT molecular complexity index is 1290. The zero-order valence-corrected chi connectivity index (χ0v) is 26.3. The molecular formula is C33H43N2O7P. The predicted molar refractivity (Wildman–Crippen MR) is 167 cm³/mol. The standard InChI is InChI=1S/C33H43N2O7P/c1-5-41-43(38,42-6-2)25-35(22-26(3)4)33(37)34-31(32(36)40-24-29-15-11-8-12-16-29)21-27-17-19-30(20-18-27)39-23-28-13-9-7-10-14-28/h7-20,26,31H,5-6,21-25H2,1-4H3,(H,34,37)/t31-/m0/s1. The molecule has 0 saturated carbocycles. The number of esters is 1. The normalized spacial score (nSPS) is 12.0. The number of carbonyl (C=O) groups is 2. The van der Waals surface area contributed by atoms with E-state index in [4.69, 9.17) is 18.5 Å². The van der Waals surface area contributed by atoms with Crippen molar-refractivity contribution in [2.24, 2.45) is 5.92 Å². The van der Waals surface area contributed by atoms with Gasteiger partial charge in [-0.15, -0.1) is 0 Å². The summed E-state index contributed by atoms with van der Waals surface area (Å²) in [7, 11) is -3.57. The lowest BCUT2D eigenvalue weighted by atomic mass is 10.1. The molecule has 2 amide bonds. The minimum absolute atomic E-state index is 0.0642. The Labute approximate surface area is 255 Å². The highest BCUT2D eigenvalue weighted by Crippen LogP contribution is 2.48. The van der Waals surface area contributed by atoms with Crippen LogP contribution in [0.2, 0.25) is 0 Å². The highest BCUT2D eigenvalue weighted by atomic mass is 31.2. The number of carbonyl (C=O) groups excluding carboxylic acids is 2. The Kier molecular flexibility index (Phi) is 13.7. The van der Waals surface area contributed by atoms with E-state index in [9.17, 15) is 14.2 Å². The minimum atomic E-state index is -3.57. The summed E-state index contributed by atoms with van der Waals surface area (Å²) in [6.07, 6.45) is -0.0552. The molecule has 232 valence electrons. The van der Waals surface area contributed by atoms with Crippen LogP contribution in [0.4, 0.5) is 4.79 Å². The number of rotatable bonds is 17. The maximum Gasteiger partial charge on any atom is 0.349 e. The largest absolute Gasteiger partial charge is 0.489 e. The van der Waals surface area contributed by atoms with Crippen LogP contribution in [0.25, 0.3) is 0 Å². The lowest BCUT2D eigenvalue weighted by Crippen LogP contribution is -2.50. The molecule has 10 heteroatoms. The van der Waals surface area contributed by atoms with E-state index in [-0.39, 0.29) is 45.0 Å². The maximum absolute atomic E-state index is 13.6. The number of urea groups is 1. The number of nitrogens with one attached hydrogen (secondary N) is 1. The fourth-order valence-electron chi connectivity index (χ4n) is 4.33. The first-order chi connectivity index (χ1) is 20.7. The van der Waals surface area contributed by atoms with Crippen LogP contribution >= 0.6 is 7.60 Å². The van der Waals surface area contributed by atoms with Crippen molar-refractivity contribution in [2.45, 2.75) is 53.4 Å². The average molecular weight is 611 g/mol. The third-order valence-electron chi connectivity index (χ3n) is 6.29. The second-order valence-corrected chi connectivity index (χ2v) is 12.4. The monoisotopic (exact) mass is 610 g/mol. The third-order valence-corrected chi connectivity index (χ3v) is 8.28. The zero-order valence-electron chi connectivity index (χ0n) is 25.4. The molecule has 0 saturated heterocycles. The number of hydrogen-bond donors (Lipinski definition) is 1. The van der Waals surface area contributed by atoms with Gasteiger partial charge in [0, 0.05) is 13.0 Å². The van der Waals surface area contributed by atoms with Gasteiger partial charge < -0.3 is 28.7 Å². The summed E-state index contributed by atoms with van der Waals surface area (Å²) in [4.78, 5) is 28.3. The fourth-order valence-corrected chi connectivity index (χ4v) is 6.02. The molecule has 1 atom stereocenters. The van der Waals surface area contributed by atoms with Crippen LogP contribution < -0.4 is 10.1 Å². The number of nitrogens with zero attached hydrogens (tertiary/aromatic N) is 1. The van der Waals surface area contributed by atoms with Crippen LogP contribution in [0, 0.1) is 5.92 Å². The topological polar surface area (TPSA) is 103 Å². The van der Waals surface area contributed by atoms with Gasteiger partial charge in [0.2, 0.25) is 0 Å². The van der Waals surface area contributed by atoms with Crippen molar-refractivity contribution in [3.8, 4) is 5.75 Å². The molecule has 43 heavy (non-hydrogen) atoms. The van der Waals surface area contributed by atoms with E-state index in [0.29, 0.717) is 12.4 Å². The van der Waals surface area contributed by atoms with Gasteiger partial charge in [-0.1, -0.05) is 86.6 Å². The molecule has 0 heterocycles. The van der Waals surface area contributed by atoms with E-state index in [2.05, 4.69) is 5.32 Å². The average Bonchev–Trinajstić information content (AvgIpc) is 3.00. The molecule has 0 unspecified atom stereocenters. The highest BCUT2D eigenvalue weighted by Gasteiger charge is 2.32. The van der Waals surface area contributed by atoms with E-state index in [1.165, 1.54) is 4.90 Å².